The van der Waals surface area contributed by atoms with Crippen molar-refractivity contribution >= 4 is 17.7 Å². The first-order chi connectivity index (χ1) is 12.2. The lowest BCUT2D eigenvalue weighted by atomic mass is 10.0. The number of hydrogen-bond acceptors (Lipinski definition) is 3. The summed E-state index contributed by atoms with van der Waals surface area (Å²) in [6, 6.07) is 19.0. The highest BCUT2D eigenvalue weighted by Crippen LogP contribution is 2.36. The van der Waals surface area contributed by atoms with Crippen LogP contribution in [0.5, 0.6) is 0 Å². The summed E-state index contributed by atoms with van der Waals surface area (Å²) in [6.45, 7) is 6.93. The average Bonchev–Trinajstić information content (AvgIpc) is 3.10. The van der Waals surface area contributed by atoms with Gasteiger partial charge in [0.1, 0.15) is 0 Å². The molecular weight excluding hydrogens is 328 g/mol. The Kier molecular flexibility index (Phi) is 6.16. The van der Waals surface area contributed by atoms with Gasteiger partial charge in [-0.1, -0.05) is 62.4 Å². The summed E-state index contributed by atoms with van der Waals surface area (Å²) < 4.78 is 0. The molecular formula is C21H26N2OS. The molecule has 0 spiro atoms. The van der Waals surface area contributed by atoms with Crippen LogP contribution in [0.1, 0.15) is 31.0 Å². The lowest BCUT2D eigenvalue weighted by molar-refractivity contribution is -0.120. The molecule has 4 heteroatoms. The minimum Gasteiger partial charge on any atom is -0.353 e. The largest absolute Gasteiger partial charge is 0.353 e. The third-order valence-electron chi connectivity index (χ3n) is 4.85. The van der Waals surface area contributed by atoms with Crippen molar-refractivity contribution in [1.29, 1.82) is 0 Å². The molecule has 2 aromatic carbocycles. The number of likely N-dealkylation sites (N-methyl/N-ethyl adjacent to an activating group) is 1. The van der Waals surface area contributed by atoms with Gasteiger partial charge in [0, 0.05) is 11.4 Å². The molecule has 2 aromatic rings. The van der Waals surface area contributed by atoms with E-state index < -0.39 is 0 Å². The van der Waals surface area contributed by atoms with Crippen LogP contribution >= 0.6 is 11.8 Å². The zero-order valence-corrected chi connectivity index (χ0v) is 15.8. The molecule has 0 radical (unpaired) electrons. The number of benzene rings is 2. The van der Waals surface area contributed by atoms with Crippen LogP contribution in [0, 0.1) is 0 Å². The number of carbonyl (C=O) groups is 1. The number of rotatable bonds is 7. The first-order valence-corrected chi connectivity index (χ1v) is 9.92. The Morgan fingerprint density at radius 3 is 2.48 bits per heavy atom. The molecule has 1 N–H and O–H groups in total. The second-order valence-corrected chi connectivity index (χ2v) is 7.56. The van der Waals surface area contributed by atoms with Crippen molar-refractivity contribution in [3.05, 3.63) is 65.7 Å². The van der Waals surface area contributed by atoms with Crippen LogP contribution in [-0.2, 0) is 11.2 Å². The fourth-order valence-corrected chi connectivity index (χ4v) is 4.66. The Morgan fingerprint density at radius 2 is 1.80 bits per heavy atom. The van der Waals surface area contributed by atoms with Crippen molar-refractivity contribution < 1.29 is 4.79 Å². The summed E-state index contributed by atoms with van der Waals surface area (Å²) in [4.78, 5) is 16.3. The number of nitrogens with zero attached hydrogens (tertiary/aromatic N) is 1. The first kappa shape index (κ1) is 18.0. The van der Waals surface area contributed by atoms with Gasteiger partial charge < -0.3 is 5.32 Å². The summed E-state index contributed by atoms with van der Waals surface area (Å²) in [5.74, 6) is 0.147. The SMILES string of the molecule is CCN(CC)[C@H](CNC(=O)[C@H]1Cc2ccccc2S1)c1ccccc1. The highest BCUT2D eigenvalue weighted by molar-refractivity contribution is 8.01. The predicted molar refractivity (Wildman–Crippen MR) is 105 cm³/mol. The molecule has 0 unspecified atom stereocenters. The number of thioether (sulfide) groups is 1. The van der Waals surface area contributed by atoms with Gasteiger partial charge in [-0.25, -0.2) is 0 Å². The Balaban J connectivity index is 1.64. The number of nitrogens with one attached hydrogen (secondary N) is 1. The van der Waals surface area contributed by atoms with Crippen LogP contribution in [0.15, 0.2) is 59.5 Å². The smallest absolute Gasteiger partial charge is 0.233 e. The Labute approximate surface area is 154 Å². The molecule has 0 fully saturated rings. The van der Waals surface area contributed by atoms with Crippen LogP contribution in [0.25, 0.3) is 0 Å². The zero-order chi connectivity index (χ0) is 17.6. The average molecular weight is 355 g/mol. The van der Waals surface area contributed by atoms with Crippen molar-refractivity contribution in [2.75, 3.05) is 19.6 Å². The lowest BCUT2D eigenvalue weighted by Crippen LogP contribution is -2.41. The van der Waals surface area contributed by atoms with Crippen molar-refractivity contribution in [2.45, 2.75) is 36.5 Å². The molecule has 2 atom stereocenters. The van der Waals surface area contributed by atoms with E-state index in [-0.39, 0.29) is 17.2 Å². The quantitative estimate of drug-likeness (QED) is 0.818. The van der Waals surface area contributed by atoms with Gasteiger partial charge in [0.05, 0.1) is 11.3 Å². The van der Waals surface area contributed by atoms with E-state index in [1.807, 2.05) is 18.2 Å². The molecule has 0 bridgehead atoms. The summed E-state index contributed by atoms with van der Waals surface area (Å²) in [5, 5.41) is 3.20. The van der Waals surface area contributed by atoms with Crippen LogP contribution in [0.2, 0.25) is 0 Å². The van der Waals surface area contributed by atoms with Gasteiger partial charge in [-0.05, 0) is 36.7 Å². The van der Waals surface area contributed by atoms with Crippen LogP contribution in [0.3, 0.4) is 0 Å². The van der Waals surface area contributed by atoms with E-state index in [0.717, 1.165) is 19.5 Å². The number of hydrogen-bond donors (Lipinski definition) is 1. The first-order valence-electron chi connectivity index (χ1n) is 9.04. The highest BCUT2D eigenvalue weighted by atomic mass is 32.2. The molecule has 0 saturated carbocycles. The third kappa shape index (κ3) is 4.25. The molecule has 0 aromatic heterocycles. The van der Waals surface area contributed by atoms with E-state index in [1.165, 1.54) is 16.0 Å². The zero-order valence-electron chi connectivity index (χ0n) is 14.9. The number of fused-ring (bicyclic) bond motifs is 1. The lowest BCUT2D eigenvalue weighted by Gasteiger charge is -2.30. The van der Waals surface area contributed by atoms with E-state index in [9.17, 15) is 4.79 Å². The second-order valence-electron chi connectivity index (χ2n) is 6.31. The van der Waals surface area contributed by atoms with Gasteiger partial charge in [-0.2, -0.15) is 0 Å². The Morgan fingerprint density at radius 1 is 1.12 bits per heavy atom. The summed E-state index contributed by atoms with van der Waals surface area (Å²) in [6.07, 6.45) is 0.827. The van der Waals surface area contributed by atoms with Crippen LogP contribution < -0.4 is 5.32 Å². The van der Waals surface area contributed by atoms with Crippen LogP contribution in [-0.4, -0.2) is 35.7 Å². The summed E-state index contributed by atoms with van der Waals surface area (Å²) in [7, 11) is 0. The summed E-state index contributed by atoms with van der Waals surface area (Å²) in [5.41, 5.74) is 2.55. The maximum atomic E-state index is 12.7. The fraction of sp³-hybridized carbons (Fsp3) is 0.381. The minimum absolute atomic E-state index is 0.00877. The molecule has 0 saturated heterocycles. The minimum atomic E-state index is -0.00877. The third-order valence-corrected chi connectivity index (χ3v) is 6.16. The van der Waals surface area contributed by atoms with Gasteiger partial charge in [-0.3, -0.25) is 9.69 Å². The normalized spacial score (nSPS) is 17.3. The van der Waals surface area contributed by atoms with E-state index in [1.54, 1.807) is 11.8 Å². The number of amides is 1. The second kappa shape index (κ2) is 8.54. The molecule has 25 heavy (non-hydrogen) atoms. The van der Waals surface area contributed by atoms with E-state index in [0.29, 0.717) is 6.54 Å². The van der Waals surface area contributed by atoms with E-state index >= 15 is 0 Å². The van der Waals surface area contributed by atoms with Crippen molar-refractivity contribution in [3.63, 3.8) is 0 Å². The maximum Gasteiger partial charge on any atom is 0.233 e. The van der Waals surface area contributed by atoms with Crippen LogP contribution in [0.4, 0.5) is 0 Å². The van der Waals surface area contributed by atoms with E-state index in [2.05, 4.69) is 60.5 Å². The molecule has 0 aliphatic carbocycles. The van der Waals surface area contributed by atoms with Gasteiger partial charge in [-0.15, -0.1) is 11.8 Å². The van der Waals surface area contributed by atoms with Crippen molar-refractivity contribution in [1.82, 2.24) is 10.2 Å². The molecule has 1 heterocycles. The molecule has 132 valence electrons. The van der Waals surface area contributed by atoms with Crippen molar-refractivity contribution in [3.8, 4) is 0 Å². The monoisotopic (exact) mass is 354 g/mol. The standard InChI is InChI=1S/C21H26N2OS/c1-3-23(4-2)18(16-10-6-5-7-11-16)15-22-21(24)20-14-17-12-8-9-13-19(17)25-20/h5-13,18,20H,3-4,14-15H2,1-2H3,(H,22,24)/t18-,20-/m1/s1. The maximum absolute atomic E-state index is 12.7. The van der Waals surface area contributed by atoms with Gasteiger partial charge in [0.2, 0.25) is 5.91 Å². The molecule has 3 rings (SSSR count). The topological polar surface area (TPSA) is 32.3 Å². The summed E-state index contributed by atoms with van der Waals surface area (Å²) >= 11 is 1.69. The van der Waals surface area contributed by atoms with Gasteiger partial charge >= 0.3 is 0 Å². The molecule has 1 aliphatic rings. The number of carbonyl (C=O) groups excluding carboxylic acids is 1. The molecule has 1 amide bonds. The Bertz CT molecular complexity index is 675. The van der Waals surface area contributed by atoms with E-state index in [4.69, 9.17) is 0 Å². The molecule has 1 aliphatic heterocycles. The van der Waals surface area contributed by atoms with Crippen molar-refractivity contribution in [2.24, 2.45) is 0 Å². The Hall–Kier alpha value is -1.78. The van der Waals surface area contributed by atoms with Gasteiger partial charge in [0.25, 0.3) is 0 Å². The fourth-order valence-electron chi connectivity index (χ4n) is 3.44. The molecule has 3 nitrogen and oxygen atoms in total. The predicted octanol–water partition coefficient (Wildman–Crippen LogP) is 3.90. The van der Waals surface area contributed by atoms with Gasteiger partial charge in [0.15, 0.2) is 0 Å². The highest BCUT2D eigenvalue weighted by Gasteiger charge is 2.28.